The molecular formula is C20H25NO3S. The lowest BCUT2D eigenvalue weighted by atomic mass is 9.92. The second-order valence-corrected chi connectivity index (χ2v) is 8.60. The maximum Gasteiger partial charge on any atom is 0.289 e. The Kier molecular flexibility index (Phi) is 5.42. The predicted octanol–water partition coefficient (Wildman–Crippen LogP) is 4.01. The van der Waals surface area contributed by atoms with Crippen molar-refractivity contribution in [1.29, 1.82) is 0 Å². The van der Waals surface area contributed by atoms with Crippen molar-refractivity contribution < 1.29 is 13.4 Å². The summed E-state index contributed by atoms with van der Waals surface area (Å²) in [4.78, 5) is 15.4. The van der Waals surface area contributed by atoms with Crippen LogP contribution in [0.3, 0.4) is 0 Å². The molecule has 0 unspecified atom stereocenters. The average Bonchev–Trinajstić information content (AvgIpc) is 3.02. The Balaban J connectivity index is 1.69. The van der Waals surface area contributed by atoms with Crippen molar-refractivity contribution in [2.45, 2.75) is 37.8 Å². The molecule has 4 nitrogen and oxygen atoms in total. The van der Waals surface area contributed by atoms with E-state index < -0.39 is 10.8 Å². The Bertz CT molecular complexity index is 773. The van der Waals surface area contributed by atoms with Gasteiger partial charge in [0.05, 0.1) is 16.6 Å². The molecule has 1 aromatic heterocycles. The molecule has 3 rings (SSSR count). The van der Waals surface area contributed by atoms with Crippen molar-refractivity contribution in [1.82, 2.24) is 4.90 Å². The number of benzene rings is 1. The lowest BCUT2D eigenvalue weighted by Crippen LogP contribution is -2.42. The first-order chi connectivity index (χ1) is 11.9. The van der Waals surface area contributed by atoms with E-state index in [9.17, 15) is 9.00 Å². The van der Waals surface area contributed by atoms with Crippen molar-refractivity contribution >= 4 is 16.7 Å². The van der Waals surface area contributed by atoms with Gasteiger partial charge in [-0.2, -0.15) is 0 Å². The lowest BCUT2D eigenvalue weighted by molar-refractivity contribution is 0.0590. The van der Waals surface area contributed by atoms with Crippen molar-refractivity contribution in [3.05, 3.63) is 53.5 Å². The first-order valence-corrected chi connectivity index (χ1v) is 10.1. The molecular weight excluding hydrogens is 334 g/mol. The van der Waals surface area contributed by atoms with Crippen LogP contribution in [0.2, 0.25) is 0 Å². The van der Waals surface area contributed by atoms with Crippen molar-refractivity contribution in [3.8, 4) is 0 Å². The molecule has 3 atom stereocenters. The minimum Gasteiger partial charge on any atom is -0.455 e. The fourth-order valence-corrected chi connectivity index (χ4v) is 4.80. The molecule has 0 spiro atoms. The molecule has 0 N–H and O–H groups in total. The van der Waals surface area contributed by atoms with Gasteiger partial charge >= 0.3 is 0 Å². The summed E-state index contributed by atoms with van der Waals surface area (Å²) in [6.07, 6.45) is 1.16. The second kappa shape index (κ2) is 7.56. The van der Waals surface area contributed by atoms with Gasteiger partial charge in [0.15, 0.2) is 5.76 Å². The molecule has 5 heteroatoms. The molecule has 1 fully saturated rings. The van der Waals surface area contributed by atoms with Crippen LogP contribution in [0.25, 0.3) is 0 Å². The number of amides is 1. The van der Waals surface area contributed by atoms with Gasteiger partial charge in [-0.15, -0.1) is 0 Å². The number of likely N-dealkylation sites (tertiary alicyclic amines) is 1. The Morgan fingerprint density at radius 2 is 1.84 bits per heavy atom. The summed E-state index contributed by atoms with van der Waals surface area (Å²) in [5.41, 5.74) is 1.000. The van der Waals surface area contributed by atoms with Crippen LogP contribution in [-0.2, 0) is 16.6 Å². The van der Waals surface area contributed by atoms with Crippen LogP contribution >= 0.6 is 0 Å². The molecule has 2 heterocycles. The first-order valence-electron chi connectivity index (χ1n) is 8.76. The number of aryl methyl sites for hydroxylation is 1. The van der Waals surface area contributed by atoms with Gasteiger partial charge in [0.25, 0.3) is 5.91 Å². The van der Waals surface area contributed by atoms with Gasteiger partial charge in [-0.05, 0) is 48.9 Å². The van der Waals surface area contributed by atoms with Gasteiger partial charge < -0.3 is 9.32 Å². The van der Waals surface area contributed by atoms with Crippen molar-refractivity contribution in [3.63, 3.8) is 0 Å². The van der Waals surface area contributed by atoms with Crippen LogP contribution in [0.1, 0.15) is 42.1 Å². The number of rotatable bonds is 4. The van der Waals surface area contributed by atoms with Gasteiger partial charge in [-0.3, -0.25) is 9.00 Å². The summed E-state index contributed by atoms with van der Waals surface area (Å²) >= 11 is 0. The second-order valence-electron chi connectivity index (χ2n) is 7.18. The smallest absolute Gasteiger partial charge is 0.289 e. The Morgan fingerprint density at radius 1 is 1.16 bits per heavy atom. The zero-order valence-corrected chi connectivity index (χ0v) is 15.8. The van der Waals surface area contributed by atoms with Crippen LogP contribution in [0.4, 0.5) is 0 Å². The number of hydrogen-bond acceptors (Lipinski definition) is 3. The van der Waals surface area contributed by atoms with E-state index in [4.69, 9.17) is 4.42 Å². The van der Waals surface area contributed by atoms with Crippen LogP contribution < -0.4 is 0 Å². The molecule has 0 aliphatic carbocycles. The Morgan fingerprint density at radius 3 is 2.52 bits per heavy atom. The highest BCUT2D eigenvalue weighted by Gasteiger charge is 2.27. The highest BCUT2D eigenvalue weighted by molar-refractivity contribution is 7.84. The third kappa shape index (κ3) is 4.21. The molecule has 0 bridgehead atoms. The van der Waals surface area contributed by atoms with Gasteiger partial charge in [0.2, 0.25) is 0 Å². The summed E-state index contributed by atoms with van der Waals surface area (Å²) in [5, 5.41) is 0. The summed E-state index contributed by atoms with van der Waals surface area (Å²) in [6.45, 7) is 7.84. The van der Waals surface area contributed by atoms with E-state index in [1.807, 2.05) is 36.1 Å². The zero-order chi connectivity index (χ0) is 18.0. The van der Waals surface area contributed by atoms with Crippen LogP contribution in [-0.4, -0.2) is 28.1 Å². The van der Waals surface area contributed by atoms with Gasteiger partial charge in [-0.25, -0.2) is 0 Å². The fourth-order valence-electron chi connectivity index (χ4n) is 3.57. The number of carbonyl (C=O) groups is 1. The molecule has 1 aliphatic heterocycles. The SMILES string of the molecule is Cc1ccccc1[S@](=O)Cc1ccc(C(=O)N2C[C@H](C)C[C@@H](C)C2)o1. The van der Waals surface area contributed by atoms with E-state index in [-0.39, 0.29) is 11.7 Å². The van der Waals surface area contributed by atoms with E-state index in [0.29, 0.717) is 23.4 Å². The molecule has 0 saturated carbocycles. The maximum absolute atomic E-state index is 12.7. The van der Waals surface area contributed by atoms with Crippen LogP contribution in [0.5, 0.6) is 0 Å². The minimum atomic E-state index is -1.18. The highest BCUT2D eigenvalue weighted by atomic mass is 32.2. The average molecular weight is 359 g/mol. The standard InChI is InChI=1S/C20H25NO3S/c1-14-10-15(2)12-21(11-14)20(22)18-9-8-17(24-18)13-25(23)19-7-5-4-6-16(19)3/h4-9,14-15H,10-13H2,1-3H3/t14-,15-,25-/m1/s1. The number of hydrogen-bond donors (Lipinski definition) is 0. The van der Waals surface area contributed by atoms with Gasteiger partial charge in [-0.1, -0.05) is 32.0 Å². The van der Waals surface area contributed by atoms with E-state index in [1.54, 1.807) is 12.1 Å². The number of furan rings is 1. The Labute approximate surface area is 151 Å². The van der Waals surface area contributed by atoms with E-state index in [2.05, 4.69) is 13.8 Å². The third-order valence-electron chi connectivity index (χ3n) is 4.64. The fraction of sp³-hybridized carbons (Fsp3) is 0.450. The molecule has 1 saturated heterocycles. The Hall–Kier alpha value is -1.88. The van der Waals surface area contributed by atoms with E-state index >= 15 is 0 Å². The lowest BCUT2D eigenvalue weighted by Gasteiger charge is -2.34. The van der Waals surface area contributed by atoms with E-state index in [1.165, 1.54) is 0 Å². The molecule has 0 radical (unpaired) electrons. The molecule has 2 aromatic rings. The van der Waals surface area contributed by atoms with Crippen LogP contribution in [0, 0.1) is 18.8 Å². The van der Waals surface area contributed by atoms with Crippen molar-refractivity contribution in [2.24, 2.45) is 11.8 Å². The third-order valence-corrected chi connectivity index (χ3v) is 6.14. The topological polar surface area (TPSA) is 50.5 Å². The first kappa shape index (κ1) is 17.9. The zero-order valence-electron chi connectivity index (χ0n) is 15.0. The summed E-state index contributed by atoms with van der Waals surface area (Å²) in [7, 11) is -1.18. The number of nitrogens with zero attached hydrogens (tertiary/aromatic N) is 1. The summed E-state index contributed by atoms with van der Waals surface area (Å²) in [5.74, 6) is 2.17. The molecule has 134 valence electrons. The van der Waals surface area contributed by atoms with Crippen LogP contribution in [0.15, 0.2) is 45.7 Å². The minimum absolute atomic E-state index is 0.0636. The largest absolute Gasteiger partial charge is 0.455 e. The normalized spacial score (nSPS) is 22.0. The monoisotopic (exact) mass is 359 g/mol. The summed E-state index contributed by atoms with van der Waals surface area (Å²) in [6, 6.07) is 11.1. The maximum atomic E-state index is 12.7. The molecule has 1 aromatic carbocycles. The van der Waals surface area contributed by atoms with Crippen molar-refractivity contribution in [2.75, 3.05) is 13.1 Å². The molecule has 1 aliphatic rings. The number of carbonyl (C=O) groups excluding carboxylic acids is 1. The molecule has 1 amide bonds. The molecule has 25 heavy (non-hydrogen) atoms. The van der Waals surface area contributed by atoms with E-state index in [0.717, 1.165) is 30.0 Å². The van der Waals surface area contributed by atoms with Gasteiger partial charge in [0.1, 0.15) is 5.76 Å². The number of piperidine rings is 1. The summed E-state index contributed by atoms with van der Waals surface area (Å²) < 4.78 is 18.3. The quantitative estimate of drug-likeness (QED) is 0.829. The highest BCUT2D eigenvalue weighted by Crippen LogP contribution is 2.24. The predicted molar refractivity (Wildman–Crippen MR) is 98.8 cm³/mol. The van der Waals surface area contributed by atoms with Gasteiger partial charge in [0, 0.05) is 18.0 Å².